The predicted molar refractivity (Wildman–Crippen MR) is 109 cm³/mol. The van der Waals surface area contributed by atoms with E-state index in [0.29, 0.717) is 13.1 Å². The summed E-state index contributed by atoms with van der Waals surface area (Å²) in [6.07, 6.45) is 1.69. The second kappa shape index (κ2) is 6.47. The van der Waals surface area contributed by atoms with Crippen molar-refractivity contribution >= 4 is 17.5 Å². The molecule has 0 aromatic carbocycles. The van der Waals surface area contributed by atoms with Crippen LogP contribution < -0.4 is 5.32 Å². The third kappa shape index (κ3) is 3.58. The minimum Gasteiger partial charge on any atom is -0.444 e. The van der Waals surface area contributed by atoms with E-state index < -0.39 is 11.1 Å². The van der Waals surface area contributed by atoms with Gasteiger partial charge in [-0.25, -0.2) is 9.78 Å². The molecule has 2 amide bonds. The number of nitrogens with one attached hydrogen (secondary N) is 1. The fourth-order valence-corrected chi connectivity index (χ4v) is 4.49. The second-order valence-electron chi connectivity index (χ2n) is 9.82. The van der Waals surface area contributed by atoms with Gasteiger partial charge in [0.05, 0.1) is 16.7 Å². The van der Waals surface area contributed by atoms with E-state index in [1.807, 2.05) is 70.3 Å². The van der Waals surface area contributed by atoms with Crippen LogP contribution in [0.5, 0.6) is 0 Å². The van der Waals surface area contributed by atoms with Crippen molar-refractivity contribution in [3.63, 3.8) is 0 Å². The zero-order valence-corrected chi connectivity index (χ0v) is 18.0. The highest BCUT2D eigenvalue weighted by atomic mass is 16.6. The van der Waals surface area contributed by atoms with Crippen molar-refractivity contribution < 1.29 is 14.3 Å². The van der Waals surface area contributed by atoms with E-state index in [1.165, 1.54) is 0 Å². The molecule has 0 spiro atoms. The van der Waals surface area contributed by atoms with Gasteiger partial charge in [0.1, 0.15) is 11.4 Å². The molecule has 2 aromatic heterocycles. The van der Waals surface area contributed by atoms with Gasteiger partial charge in [-0.1, -0.05) is 6.07 Å². The summed E-state index contributed by atoms with van der Waals surface area (Å²) in [5.74, 6) is 1.35. The summed E-state index contributed by atoms with van der Waals surface area (Å²) in [5.41, 5.74) is 0.781. The molecule has 1 saturated carbocycles. The maximum atomic E-state index is 13.0. The van der Waals surface area contributed by atoms with Gasteiger partial charge in [0, 0.05) is 25.2 Å². The average molecular weight is 399 g/mol. The highest BCUT2D eigenvalue weighted by Gasteiger charge is 2.61. The third-order valence-corrected chi connectivity index (χ3v) is 5.90. The number of fused-ring (bicyclic) bond motifs is 2. The van der Waals surface area contributed by atoms with Gasteiger partial charge < -0.3 is 19.4 Å². The monoisotopic (exact) mass is 398 g/mol. The Hall–Kier alpha value is -2.57. The van der Waals surface area contributed by atoms with Crippen LogP contribution in [0.25, 0.3) is 5.52 Å². The lowest BCUT2D eigenvalue weighted by atomic mass is 9.98. The minimum absolute atomic E-state index is 0.0389. The van der Waals surface area contributed by atoms with E-state index >= 15 is 0 Å². The third-order valence-electron chi connectivity index (χ3n) is 5.90. The Morgan fingerprint density at radius 2 is 1.79 bits per heavy atom. The fraction of sp³-hybridized carbons (Fsp3) is 0.591. The lowest BCUT2D eigenvalue weighted by Gasteiger charge is -2.27. The molecule has 3 atom stereocenters. The van der Waals surface area contributed by atoms with Crippen LogP contribution in [0.3, 0.4) is 0 Å². The van der Waals surface area contributed by atoms with Crippen LogP contribution in [0.15, 0.2) is 24.4 Å². The molecule has 7 heteroatoms. The highest BCUT2D eigenvalue weighted by Crippen LogP contribution is 2.52. The van der Waals surface area contributed by atoms with Crippen LogP contribution in [0, 0.1) is 24.7 Å². The Bertz CT molecular complexity index is 960. The van der Waals surface area contributed by atoms with Gasteiger partial charge >= 0.3 is 6.09 Å². The number of hydrogen-bond acceptors (Lipinski definition) is 4. The Balaban J connectivity index is 1.41. The molecular formula is C22H30N4O3. The number of aromatic nitrogens is 2. The molecule has 1 aliphatic heterocycles. The number of pyridine rings is 1. The van der Waals surface area contributed by atoms with Crippen LogP contribution in [0.2, 0.25) is 0 Å². The molecule has 1 N–H and O–H groups in total. The summed E-state index contributed by atoms with van der Waals surface area (Å²) >= 11 is 0. The number of nitrogens with zero attached hydrogens (tertiary/aromatic N) is 3. The molecule has 2 fully saturated rings. The van der Waals surface area contributed by atoms with Gasteiger partial charge in [-0.2, -0.15) is 0 Å². The molecule has 4 rings (SSSR count). The highest BCUT2D eigenvalue weighted by molar-refractivity contribution is 5.84. The summed E-state index contributed by atoms with van der Waals surface area (Å²) in [6, 6.07) is 5.97. The predicted octanol–water partition coefficient (Wildman–Crippen LogP) is 3.11. The normalized spacial score (nSPS) is 23.8. The van der Waals surface area contributed by atoms with Crippen LogP contribution in [-0.4, -0.2) is 45.0 Å². The number of ether oxygens (including phenoxy) is 1. The quantitative estimate of drug-likeness (QED) is 0.862. The number of imidazole rings is 1. The largest absolute Gasteiger partial charge is 0.444 e. The number of carbonyl (C=O) groups excluding carboxylic acids is 2. The van der Waals surface area contributed by atoms with Gasteiger partial charge in [0.15, 0.2) is 0 Å². The van der Waals surface area contributed by atoms with Crippen molar-refractivity contribution in [3.05, 3.63) is 35.9 Å². The number of hydrogen-bond donors (Lipinski definition) is 1. The van der Waals surface area contributed by atoms with Crippen molar-refractivity contribution in [2.24, 2.45) is 17.8 Å². The molecule has 0 radical (unpaired) electrons. The van der Waals surface area contributed by atoms with Gasteiger partial charge in [-0.3, -0.25) is 4.79 Å². The van der Waals surface area contributed by atoms with E-state index in [-0.39, 0.29) is 29.8 Å². The molecule has 7 nitrogen and oxygen atoms in total. The molecule has 2 aromatic rings. The van der Waals surface area contributed by atoms with Crippen LogP contribution in [0.1, 0.15) is 46.1 Å². The second-order valence-corrected chi connectivity index (χ2v) is 9.82. The van der Waals surface area contributed by atoms with E-state index in [0.717, 1.165) is 17.0 Å². The first-order valence-corrected chi connectivity index (χ1v) is 10.2. The van der Waals surface area contributed by atoms with Crippen LogP contribution in [-0.2, 0) is 15.1 Å². The zero-order valence-electron chi connectivity index (χ0n) is 18.0. The number of carbonyl (C=O) groups is 2. The summed E-state index contributed by atoms with van der Waals surface area (Å²) in [6.45, 7) is 12.7. The van der Waals surface area contributed by atoms with Crippen LogP contribution in [0.4, 0.5) is 4.79 Å². The van der Waals surface area contributed by atoms with Gasteiger partial charge in [0.2, 0.25) is 5.91 Å². The number of aryl methyl sites for hydroxylation is 1. The average Bonchev–Trinajstić information content (AvgIpc) is 2.95. The van der Waals surface area contributed by atoms with E-state index in [9.17, 15) is 9.59 Å². The first-order valence-electron chi connectivity index (χ1n) is 10.2. The van der Waals surface area contributed by atoms with Crippen molar-refractivity contribution in [1.82, 2.24) is 19.6 Å². The molecule has 2 aliphatic rings. The van der Waals surface area contributed by atoms with Crippen LogP contribution >= 0.6 is 0 Å². The molecule has 3 heterocycles. The SMILES string of the molecule is Cc1nc(C(C)(C)NC(=O)C2[C@H]3CN(C(=O)OC(C)(C)C)C[C@@H]23)c2ccccn12. The molecule has 1 aliphatic carbocycles. The van der Waals surface area contributed by atoms with Crippen molar-refractivity contribution in [2.45, 2.75) is 52.7 Å². The Morgan fingerprint density at radius 1 is 1.14 bits per heavy atom. The van der Waals surface area contributed by atoms with E-state index in [2.05, 4.69) is 5.32 Å². The summed E-state index contributed by atoms with van der Waals surface area (Å²) in [4.78, 5) is 31.7. The van der Waals surface area contributed by atoms with Crippen molar-refractivity contribution in [2.75, 3.05) is 13.1 Å². The molecule has 156 valence electrons. The minimum atomic E-state index is -0.584. The maximum absolute atomic E-state index is 13.0. The molecule has 1 unspecified atom stereocenters. The number of rotatable bonds is 3. The first-order chi connectivity index (χ1) is 13.5. The van der Waals surface area contributed by atoms with Gasteiger partial charge in [0.25, 0.3) is 0 Å². The van der Waals surface area contributed by atoms with Gasteiger partial charge in [-0.15, -0.1) is 0 Å². The fourth-order valence-electron chi connectivity index (χ4n) is 4.49. The van der Waals surface area contributed by atoms with Gasteiger partial charge in [-0.05, 0) is 65.5 Å². The first kappa shape index (κ1) is 19.7. The molecule has 1 saturated heterocycles. The maximum Gasteiger partial charge on any atom is 0.410 e. The summed E-state index contributed by atoms with van der Waals surface area (Å²) in [7, 11) is 0. The standard InChI is InChI=1S/C22H30N4O3/c1-13-23-18(16-9-7-8-10-26(13)16)22(5,6)24-19(27)17-14-11-25(12-15(14)17)20(28)29-21(2,3)4/h7-10,14-15,17H,11-12H2,1-6H3,(H,24,27)/t14-,15+,17?. The Kier molecular flexibility index (Phi) is 4.40. The topological polar surface area (TPSA) is 75.9 Å². The van der Waals surface area contributed by atoms with Crippen molar-refractivity contribution in [1.29, 1.82) is 0 Å². The summed E-state index contributed by atoms with van der Waals surface area (Å²) < 4.78 is 7.48. The molecule has 29 heavy (non-hydrogen) atoms. The lowest BCUT2D eigenvalue weighted by molar-refractivity contribution is -0.125. The zero-order chi connectivity index (χ0) is 21.1. The molecular weight excluding hydrogens is 368 g/mol. The Labute approximate surface area is 171 Å². The lowest BCUT2D eigenvalue weighted by Crippen LogP contribution is -2.44. The number of piperidine rings is 1. The molecule has 0 bridgehead atoms. The number of likely N-dealkylation sites (tertiary alicyclic amines) is 1. The Morgan fingerprint density at radius 3 is 2.41 bits per heavy atom. The summed E-state index contributed by atoms with van der Waals surface area (Å²) in [5, 5.41) is 3.20. The van der Waals surface area contributed by atoms with Crippen molar-refractivity contribution in [3.8, 4) is 0 Å². The van der Waals surface area contributed by atoms with E-state index in [4.69, 9.17) is 9.72 Å². The number of amides is 2. The van der Waals surface area contributed by atoms with E-state index in [1.54, 1.807) is 4.90 Å². The smallest absolute Gasteiger partial charge is 0.410 e.